The summed E-state index contributed by atoms with van der Waals surface area (Å²) in [5, 5.41) is 13.7. The van der Waals surface area contributed by atoms with Crippen LogP contribution in [0.4, 0.5) is 0 Å². The standard InChI is InChI=1S/C24H34N2O3/c1-28-24-16-21(17-25-13-7-10-20-8-3-2-4-9-20)11-12-23(24)29-19-22(27)18-26-14-5-6-15-26/h2-4,8-9,11-12,16,22,25,27H,5-7,10,13-15,17-19H2,1H3/t22-/m0/s1. The third kappa shape index (κ3) is 7.35. The van der Waals surface area contributed by atoms with Crippen molar-refractivity contribution in [3.8, 4) is 11.5 Å². The number of hydrogen-bond acceptors (Lipinski definition) is 5. The van der Waals surface area contributed by atoms with E-state index in [-0.39, 0.29) is 6.61 Å². The minimum atomic E-state index is -0.483. The zero-order valence-corrected chi connectivity index (χ0v) is 17.5. The van der Waals surface area contributed by atoms with E-state index in [1.807, 2.05) is 12.1 Å². The molecule has 1 aliphatic heterocycles. The first-order valence-electron chi connectivity index (χ1n) is 10.7. The number of aliphatic hydroxyl groups is 1. The summed E-state index contributed by atoms with van der Waals surface area (Å²) in [7, 11) is 1.65. The first kappa shape index (κ1) is 21.6. The highest BCUT2D eigenvalue weighted by Gasteiger charge is 2.17. The van der Waals surface area contributed by atoms with Crippen LogP contribution in [0.2, 0.25) is 0 Å². The van der Waals surface area contributed by atoms with E-state index in [9.17, 15) is 5.11 Å². The molecule has 1 aliphatic rings. The zero-order chi connectivity index (χ0) is 20.3. The number of ether oxygens (including phenoxy) is 2. The van der Waals surface area contributed by atoms with Gasteiger partial charge in [-0.2, -0.15) is 0 Å². The highest BCUT2D eigenvalue weighted by Crippen LogP contribution is 2.28. The van der Waals surface area contributed by atoms with Crippen molar-refractivity contribution < 1.29 is 14.6 Å². The van der Waals surface area contributed by atoms with Gasteiger partial charge in [0, 0.05) is 13.1 Å². The van der Waals surface area contributed by atoms with Gasteiger partial charge < -0.3 is 24.8 Å². The van der Waals surface area contributed by atoms with Gasteiger partial charge in [-0.3, -0.25) is 0 Å². The molecular weight excluding hydrogens is 364 g/mol. The van der Waals surface area contributed by atoms with Gasteiger partial charge in [0.2, 0.25) is 0 Å². The minimum Gasteiger partial charge on any atom is -0.493 e. The lowest BCUT2D eigenvalue weighted by molar-refractivity contribution is 0.0747. The Bertz CT molecular complexity index is 717. The molecule has 3 rings (SSSR count). The fourth-order valence-corrected chi connectivity index (χ4v) is 3.74. The first-order chi connectivity index (χ1) is 14.2. The van der Waals surface area contributed by atoms with Crippen molar-refractivity contribution in [2.24, 2.45) is 0 Å². The molecular formula is C24H34N2O3. The lowest BCUT2D eigenvalue weighted by atomic mass is 10.1. The molecule has 5 heteroatoms. The molecule has 2 aromatic carbocycles. The summed E-state index contributed by atoms with van der Waals surface area (Å²) in [4.78, 5) is 2.29. The number of rotatable bonds is 12. The van der Waals surface area contributed by atoms with Crippen LogP contribution in [0, 0.1) is 0 Å². The van der Waals surface area contributed by atoms with E-state index in [2.05, 4.69) is 46.6 Å². The predicted octanol–water partition coefficient (Wildman–Crippen LogP) is 3.25. The molecule has 1 saturated heterocycles. The number of benzene rings is 2. The molecule has 0 aliphatic carbocycles. The molecule has 0 radical (unpaired) electrons. The van der Waals surface area contributed by atoms with Crippen LogP contribution in [0.15, 0.2) is 48.5 Å². The number of β-amino-alcohol motifs (C(OH)–C–C–N with tert-alkyl or cyclic N) is 1. The smallest absolute Gasteiger partial charge is 0.161 e. The second kappa shape index (κ2) is 11.8. The van der Waals surface area contributed by atoms with E-state index in [0.717, 1.165) is 44.6 Å². The quantitative estimate of drug-likeness (QED) is 0.538. The van der Waals surface area contributed by atoms with Crippen LogP contribution < -0.4 is 14.8 Å². The Hall–Kier alpha value is -2.08. The van der Waals surface area contributed by atoms with E-state index in [1.165, 1.54) is 18.4 Å². The highest BCUT2D eigenvalue weighted by atomic mass is 16.5. The van der Waals surface area contributed by atoms with Gasteiger partial charge in [-0.05, 0) is 68.6 Å². The monoisotopic (exact) mass is 398 g/mol. The van der Waals surface area contributed by atoms with Gasteiger partial charge in [-0.25, -0.2) is 0 Å². The number of aliphatic hydroxyl groups excluding tert-OH is 1. The number of aryl methyl sites for hydroxylation is 1. The molecule has 2 aromatic rings. The molecule has 0 unspecified atom stereocenters. The summed E-state index contributed by atoms with van der Waals surface area (Å²) in [5.41, 5.74) is 2.54. The van der Waals surface area contributed by atoms with Gasteiger partial charge in [0.25, 0.3) is 0 Å². The van der Waals surface area contributed by atoms with Crippen molar-refractivity contribution in [1.29, 1.82) is 0 Å². The van der Waals surface area contributed by atoms with Gasteiger partial charge in [-0.15, -0.1) is 0 Å². The first-order valence-corrected chi connectivity index (χ1v) is 10.7. The Morgan fingerprint density at radius 2 is 1.83 bits per heavy atom. The molecule has 0 aromatic heterocycles. The summed E-state index contributed by atoms with van der Waals surface area (Å²) in [6.45, 7) is 4.87. The van der Waals surface area contributed by atoms with Crippen LogP contribution in [0.25, 0.3) is 0 Å². The minimum absolute atomic E-state index is 0.282. The van der Waals surface area contributed by atoms with Gasteiger partial charge >= 0.3 is 0 Å². The molecule has 0 saturated carbocycles. The van der Waals surface area contributed by atoms with Crippen LogP contribution in [0.3, 0.4) is 0 Å². The van der Waals surface area contributed by atoms with Gasteiger partial charge in [0.15, 0.2) is 11.5 Å². The lowest BCUT2D eigenvalue weighted by Gasteiger charge is -2.20. The number of hydrogen-bond donors (Lipinski definition) is 2. The third-order valence-corrected chi connectivity index (χ3v) is 5.32. The zero-order valence-electron chi connectivity index (χ0n) is 17.5. The lowest BCUT2D eigenvalue weighted by Crippen LogP contribution is -2.33. The van der Waals surface area contributed by atoms with Crippen molar-refractivity contribution in [3.63, 3.8) is 0 Å². The van der Waals surface area contributed by atoms with Crippen molar-refractivity contribution >= 4 is 0 Å². The number of methoxy groups -OCH3 is 1. The predicted molar refractivity (Wildman–Crippen MR) is 117 cm³/mol. The molecule has 5 nitrogen and oxygen atoms in total. The van der Waals surface area contributed by atoms with E-state index < -0.39 is 6.10 Å². The molecule has 0 bridgehead atoms. The largest absolute Gasteiger partial charge is 0.493 e. The van der Waals surface area contributed by atoms with E-state index >= 15 is 0 Å². The Morgan fingerprint density at radius 3 is 2.59 bits per heavy atom. The number of likely N-dealkylation sites (tertiary alicyclic amines) is 1. The number of nitrogens with one attached hydrogen (secondary N) is 1. The molecule has 1 fully saturated rings. The molecule has 0 spiro atoms. The summed E-state index contributed by atoms with van der Waals surface area (Å²) in [6, 6.07) is 16.6. The van der Waals surface area contributed by atoms with Crippen LogP contribution in [0.1, 0.15) is 30.4 Å². The molecule has 2 N–H and O–H groups in total. The normalized spacial score (nSPS) is 15.4. The van der Waals surface area contributed by atoms with Crippen LogP contribution >= 0.6 is 0 Å². The molecule has 1 atom stereocenters. The molecule has 0 amide bonds. The summed E-state index contributed by atoms with van der Waals surface area (Å²) in [6.07, 6.45) is 4.16. The van der Waals surface area contributed by atoms with Crippen LogP contribution in [-0.2, 0) is 13.0 Å². The van der Waals surface area contributed by atoms with Crippen LogP contribution in [-0.4, -0.2) is 56.0 Å². The maximum absolute atomic E-state index is 10.2. The van der Waals surface area contributed by atoms with Crippen LogP contribution in [0.5, 0.6) is 11.5 Å². The van der Waals surface area contributed by atoms with Crippen molar-refractivity contribution in [2.45, 2.75) is 38.3 Å². The maximum atomic E-state index is 10.2. The Labute approximate surface area is 174 Å². The topological polar surface area (TPSA) is 54.0 Å². The van der Waals surface area contributed by atoms with Gasteiger partial charge in [0.1, 0.15) is 12.7 Å². The fraction of sp³-hybridized carbons (Fsp3) is 0.500. The summed E-state index contributed by atoms with van der Waals surface area (Å²) >= 11 is 0. The average Bonchev–Trinajstić information content (AvgIpc) is 3.26. The summed E-state index contributed by atoms with van der Waals surface area (Å²) in [5.74, 6) is 1.39. The number of nitrogens with zero attached hydrogens (tertiary/aromatic N) is 1. The van der Waals surface area contributed by atoms with Gasteiger partial charge in [0.05, 0.1) is 7.11 Å². The Balaban J connectivity index is 1.39. The van der Waals surface area contributed by atoms with Gasteiger partial charge in [-0.1, -0.05) is 36.4 Å². The Morgan fingerprint density at radius 1 is 1.03 bits per heavy atom. The van der Waals surface area contributed by atoms with Crippen molar-refractivity contribution in [1.82, 2.24) is 10.2 Å². The second-order valence-corrected chi connectivity index (χ2v) is 7.72. The SMILES string of the molecule is COc1cc(CNCCCc2ccccc2)ccc1OC[C@@H](O)CN1CCCC1. The van der Waals surface area contributed by atoms with Crippen molar-refractivity contribution in [2.75, 3.05) is 39.9 Å². The van der Waals surface area contributed by atoms with E-state index in [4.69, 9.17) is 9.47 Å². The third-order valence-electron chi connectivity index (χ3n) is 5.32. The fourth-order valence-electron chi connectivity index (χ4n) is 3.74. The molecule has 29 heavy (non-hydrogen) atoms. The second-order valence-electron chi connectivity index (χ2n) is 7.72. The van der Waals surface area contributed by atoms with E-state index in [1.54, 1.807) is 7.11 Å². The molecule has 1 heterocycles. The average molecular weight is 399 g/mol. The van der Waals surface area contributed by atoms with E-state index in [0.29, 0.717) is 18.0 Å². The Kier molecular flexibility index (Phi) is 8.81. The van der Waals surface area contributed by atoms with Crippen molar-refractivity contribution in [3.05, 3.63) is 59.7 Å². The maximum Gasteiger partial charge on any atom is 0.161 e. The molecule has 158 valence electrons. The highest BCUT2D eigenvalue weighted by molar-refractivity contribution is 5.43. The summed E-state index contributed by atoms with van der Waals surface area (Å²) < 4.78 is 11.3.